The van der Waals surface area contributed by atoms with Crippen molar-refractivity contribution in [2.75, 3.05) is 24.6 Å². The van der Waals surface area contributed by atoms with Gasteiger partial charge in [-0.1, -0.05) is 25.5 Å². The fraction of sp³-hybridized carbons (Fsp3) is 0.526. The molecule has 1 atom stereocenters. The van der Waals surface area contributed by atoms with E-state index in [1.54, 1.807) is 16.7 Å². The van der Waals surface area contributed by atoms with Gasteiger partial charge in [-0.2, -0.15) is 0 Å². The number of thioether (sulfide) groups is 1. The molecule has 1 aromatic rings. The molecule has 0 fully saturated rings. The molecular formula is C19H27N3O4S. The first kappa shape index (κ1) is 21.1. The first-order valence-corrected chi connectivity index (χ1v) is 10.1. The van der Waals surface area contributed by atoms with E-state index >= 15 is 0 Å². The maximum atomic E-state index is 12.6. The van der Waals surface area contributed by atoms with Crippen LogP contribution in [-0.4, -0.2) is 42.9 Å². The van der Waals surface area contributed by atoms with Gasteiger partial charge in [-0.05, 0) is 31.4 Å². The van der Waals surface area contributed by atoms with Crippen LogP contribution in [0.15, 0.2) is 29.2 Å². The number of rotatable bonds is 8. The number of anilines is 1. The third kappa shape index (κ3) is 7.13. The van der Waals surface area contributed by atoms with Crippen LogP contribution in [0.4, 0.5) is 10.5 Å². The molecule has 27 heavy (non-hydrogen) atoms. The van der Waals surface area contributed by atoms with Gasteiger partial charge in [0.15, 0.2) is 6.61 Å². The lowest BCUT2D eigenvalue weighted by atomic mass is 10.2. The zero-order valence-corrected chi connectivity index (χ0v) is 16.4. The zero-order chi connectivity index (χ0) is 19.6. The lowest BCUT2D eigenvalue weighted by Crippen LogP contribution is -2.35. The molecule has 0 unspecified atom stereocenters. The van der Waals surface area contributed by atoms with E-state index in [1.165, 1.54) is 0 Å². The minimum Gasteiger partial charge on any atom is -0.456 e. The second-order valence-corrected chi connectivity index (χ2v) is 7.97. The molecule has 0 radical (unpaired) electrons. The van der Waals surface area contributed by atoms with Gasteiger partial charge in [0, 0.05) is 29.7 Å². The largest absolute Gasteiger partial charge is 0.456 e. The van der Waals surface area contributed by atoms with E-state index in [-0.39, 0.29) is 24.9 Å². The maximum Gasteiger partial charge on any atom is 0.312 e. The van der Waals surface area contributed by atoms with Crippen molar-refractivity contribution in [3.8, 4) is 0 Å². The summed E-state index contributed by atoms with van der Waals surface area (Å²) in [6, 6.07) is 7.28. The number of ether oxygens (including phenoxy) is 1. The third-order valence-corrected chi connectivity index (χ3v) is 5.50. The molecule has 1 aromatic carbocycles. The van der Waals surface area contributed by atoms with E-state index < -0.39 is 6.03 Å². The molecule has 3 amide bonds. The number of nitrogens with two attached hydrogens (primary N) is 1. The van der Waals surface area contributed by atoms with Crippen LogP contribution in [0.2, 0.25) is 0 Å². The fourth-order valence-electron chi connectivity index (χ4n) is 2.82. The van der Waals surface area contributed by atoms with Gasteiger partial charge in [-0.25, -0.2) is 4.79 Å². The number of carbonyl (C=O) groups is 3. The molecule has 148 valence electrons. The highest BCUT2D eigenvalue weighted by Gasteiger charge is 2.24. The summed E-state index contributed by atoms with van der Waals surface area (Å²) >= 11 is 1.76. The third-order valence-electron chi connectivity index (χ3n) is 4.26. The summed E-state index contributed by atoms with van der Waals surface area (Å²) in [5.41, 5.74) is 5.85. The van der Waals surface area contributed by atoms with Crippen molar-refractivity contribution < 1.29 is 19.1 Å². The number of urea groups is 1. The van der Waals surface area contributed by atoms with Crippen LogP contribution in [0.5, 0.6) is 0 Å². The number of nitrogens with zero attached hydrogens (tertiary/aromatic N) is 1. The van der Waals surface area contributed by atoms with Crippen LogP contribution < -0.4 is 16.0 Å². The second kappa shape index (κ2) is 10.8. The Morgan fingerprint density at radius 1 is 1.26 bits per heavy atom. The van der Waals surface area contributed by atoms with Crippen molar-refractivity contribution in [1.29, 1.82) is 0 Å². The molecule has 7 nitrogen and oxygen atoms in total. The Bertz CT molecular complexity index is 668. The number of hydrogen-bond acceptors (Lipinski definition) is 5. The first-order valence-electron chi connectivity index (χ1n) is 9.22. The van der Waals surface area contributed by atoms with E-state index in [1.807, 2.05) is 24.3 Å². The standard InChI is InChI=1S/C19H27N3O4S/c1-14-10-12-22(15-7-4-5-8-16(15)27-14)17(23)13-26-18(24)9-3-2-6-11-21-19(20)25/h4-5,7-8,14H,2-3,6,9-13H2,1H3,(H3,20,21,25)/t14-/m1/s1. The number of esters is 1. The second-order valence-electron chi connectivity index (χ2n) is 6.49. The summed E-state index contributed by atoms with van der Waals surface area (Å²) < 4.78 is 5.16. The van der Waals surface area contributed by atoms with Gasteiger partial charge in [-0.3, -0.25) is 9.59 Å². The summed E-state index contributed by atoms with van der Waals surface area (Å²) in [6.07, 6.45) is 3.31. The predicted molar refractivity (Wildman–Crippen MR) is 106 cm³/mol. The molecule has 0 bridgehead atoms. The van der Waals surface area contributed by atoms with Gasteiger partial charge in [0.05, 0.1) is 5.69 Å². The van der Waals surface area contributed by atoms with E-state index in [0.717, 1.165) is 29.8 Å². The van der Waals surface area contributed by atoms with E-state index in [0.29, 0.717) is 24.8 Å². The van der Waals surface area contributed by atoms with Crippen molar-refractivity contribution in [2.45, 2.75) is 49.2 Å². The number of nitrogens with one attached hydrogen (secondary N) is 1. The van der Waals surface area contributed by atoms with Crippen LogP contribution in [0.25, 0.3) is 0 Å². The van der Waals surface area contributed by atoms with E-state index in [2.05, 4.69) is 12.2 Å². The lowest BCUT2D eigenvalue weighted by molar-refractivity contribution is -0.148. The Morgan fingerprint density at radius 2 is 2.04 bits per heavy atom. The zero-order valence-electron chi connectivity index (χ0n) is 15.6. The van der Waals surface area contributed by atoms with Crippen molar-refractivity contribution in [1.82, 2.24) is 5.32 Å². The van der Waals surface area contributed by atoms with Crippen molar-refractivity contribution in [3.05, 3.63) is 24.3 Å². The van der Waals surface area contributed by atoms with Crippen molar-refractivity contribution in [2.24, 2.45) is 5.73 Å². The topological polar surface area (TPSA) is 102 Å². The summed E-state index contributed by atoms with van der Waals surface area (Å²) in [5.74, 6) is -0.576. The molecule has 0 aromatic heterocycles. The van der Waals surface area contributed by atoms with Crippen LogP contribution in [0, 0.1) is 0 Å². The Hall–Kier alpha value is -2.22. The van der Waals surface area contributed by atoms with Gasteiger partial charge in [0.1, 0.15) is 0 Å². The number of unbranched alkanes of at least 4 members (excludes halogenated alkanes) is 2. The Kier molecular flexibility index (Phi) is 8.44. The number of fused-ring (bicyclic) bond motifs is 1. The monoisotopic (exact) mass is 393 g/mol. The summed E-state index contributed by atoms with van der Waals surface area (Å²) in [5, 5.41) is 2.92. The highest BCUT2D eigenvalue weighted by atomic mass is 32.2. The number of hydrogen-bond donors (Lipinski definition) is 2. The van der Waals surface area contributed by atoms with Gasteiger partial charge >= 0.3 is 12.0 Å². The minimum absolute atomic E-state index is 0.198. The molecular weight excluding hydrogens is 366 g/mol. The Labute approximate surface area is 164 Å². The van der Waals surface area contributed by atoms with Crippen LogP contribution in [-0.2, 0) is 14.3 Å². The van der Waals surface area contributed by atoms with Gasteiger partial charge in [0.2, 0.25) is 0 Å². The first-order chi connectivity index (χ1) is 13.0. The smallest absolute Gasteiger partial charge is 0.312 e. The molecule has 2 rings (SSSR count). The average molecular weight is 394 g/mol. The van der Waals surface area contributed by atoms with Crippen molar-refractivity contribution in [3.63, 3.8) is 0 Å². The number of amides is 3. The normalized spacial score (nSPS) is 16.2. The number of para-hydroxylation sites is 1. The average Bonchev–Trinajstić information content (AvgIpc) is 2.80. The fourth-order valence-corrected chi connectivity index (χ4v) is 3.93. The number of carbonyl (C=O) groups excluding carboxylic acids is 3. The molecule has 0 saturated heterocycles. The van der Waals surface area contributed by atoms with Crippen molar-refractivity contribution >= 4 is 35.4 Å². The van der Waals surface area contributed by atoms with Gasteiger partial charge in [0.25, 0.3) is 5.91 Å². The molecule has 0 aliphatic carbocycles. The van der Waals surface area contributed by atoms with Gasteiger partial charge in [-0.15, -0.1) is 11.8 Å². The minimum atomic E-state index is -0.546. The van der Waals surface area contributed by atoms with E-state index in [9.17, 15) is 14.4 Å². The maximum absolute atomic E-state index is 12.6. The predicted octanol–water partition coefficient (Wildman–Crippen LogP) is 2.68. The number of primary amides is 1. The summed E-state index contributed by atoms with van der Waals surface area (Å²) in [4.78, 5) is 37.8. The van der Waals surface area contributed by atoms with Crippen LogP contribution >= 0.6 is 11.8 Å². The summed E-state index contributed by atoms with van der Waals surface area (Å²) in [6.45, 7) is 3.02. The quantitative estimate of drug-likeness (QED) is 0.522. The van der Waals surface area contributed by atoms with Crippen LogP contribution in [0.3, 0.4) is 0 Å². The molecule has 8 heteroatoms. The van der Waals surface area contributed by atoms with E-state index in [4.69, 9.17) is 10.5 Å². The number of benzene rings is 1. The highest BCUT2D eigenvalue weighted by molar-refractivity contribution is 8.00. The lowest BCUT2D eigenvalue weighted by Gasteiger charge is -2.22. The molecule has 0 saturated carbocycles. The molecule has 1 heterocycles. The molecule has 1 aliphatic rings. The Morgan fingerprint density at radius 3 is 2.81 bits per heavy atom. The molecule has 1 aliphatic heterocycles. The molecule has 0 spiro atoms. The molecule has 3 N–H and O–H groups in total. The highest BCUT2D eigenvalue weighted by Crippen LogP contribution is 2.37. The van der Waals surface area contributed by atoms with Gasteiger partial charge < -0.3 is 20.7 Å². The Balaban J connectivity index is 1.75. The SMILES string of the molecule is C[C@@H]1CCN(C(=O)COC(=O)CCCCCNC(N)=O)c2ccccc2S1. The van der Waals surface area contributed by atoms with Crippen LogP contribution in [0.1, 0.15) is 39.0 Å². The summed E-state index contributed by atoms with van der Waals surface area (Å²) in [7, 11) is 0.